The number of H-pyrrole nitrogens is 1. The minimum atomic E-state index is -0.633. The van der Waals surface area contributed by atoms with Crippen LogP contribution >= 0.6 is 0 Å². The number of ketones is 1. The summed E-state index contributed by atoms with van der Waals surface area (Å²) in [5.74, 6) is -1.01. The first kappa shape index (κ1) is 17.9. The van der Waals surface area contributed by atoms with Crippen LogP contribution in [0.2, 0.25) is 0 Å². The first-order valence-electron chi connectivity index (χ1n) is 8.58. The number of aryl methyl sites for hydroxylation is 1. The molecule has 6 heteroatoms. The largest absolute Gasteiger partial charge is 0.451 e. The van der Waals surface area contributed by atoms with Crippen molar-refractivity contribution in [3.63, 3.8) is 0 Å². The zero-order valence-electron chi connectivity index (χ0n) is 15.4. The van der Waals surface area contributed by atoms with Gasteiger partial charge in [-0.15, -0.1) is 0 Å². The second kappa shape index (κ2) is 6.78. The molecule has 3 rings (SSSR count). The number of aromatic nitrogens is 1. The van der Waals surface area contributed by atoms with E-state index in [1.807, 2.05) is 31.2 Å². The van der Waals surface area contributed by atoms with E-state index in [4.69, 9.17) is 4.74 Å². The number of rotatable bonds is 4. The van der Waals surface area contributed by atoms with Crippen LogP contribution in [0.5, 0.6) is 0 Å². The summed E-state index contributed by atoms with van der Waals surface area (Å²) in [7, 11) is 0. The number of hydrogen-bond donors (Lipinski definition) is 1. The highest BCUT2D eigenvalue weighted by atomic mass is 16.5. The van der Waals surface area contributed by atoms with Crippen molar-refractivity contribution in [3.05, 3.63) is 52.3 Å². The van der Waals surface area contributed by atoms with Crippen LogP contribution in [-0.4, -0.2) is 35.3 Å². The number of aromatic amines is 1. The van der Waals surface area contributed by atoms with E-state index in [0.29, 0.717) is 16.8 Å². The molecular formula is C20H22N2O4. The van der Waals surface area contributed by atoms with E-state index >= 15 is 0 Å². The number of nitrogens with zero attached hydrogens (tertiary/aromatic N) is 1. The molecule has 0 bridgehead atoms. The number of ether oxygens (including phenoxy) is 1. The van der Waals surface area contributed by atoms with Gasteiger partial charge in [-0.05, 0) is 51.3 Å². The van der Waals surface area contributed by atoms with E-state index in [-0.39, 0.29) is 30.0 Å². The van der Waals surface area contributed by atoms with Crippen LogP contribution in [0.4, 0.5) is 5.69 Å². The van der Waals surface area contributed by atoms with Gasteiger partial charge in [0.2, 0.25) is 0 Å². The highest BCUT2D eigenvalue weighted by Crippen LogP contribution is 2.31. The molecule has 1 atom stereocenters. The van der Waals surface area contributed by atoms with Gasteiger partial charge in [0, 0.05) is 23.0 Å². The first-order valence-corrected chi connectivity index (χ1v) is 8.58. The highest BCUT2D eigenvalue weighted by molar-refractivity contribution is 6.02. The van der Waals surface area contributed by atoms with Crippen molar-refractivity contribution in [2.24, 2.45) is 0 Å². The van der Waals surface area contributed by atoms with Gasteiger partial charge in [0.1, 0.15) is 5.69 Å². The Morgan fingerprint density at radius 1 is 1.23 bits per heavy atom. The third-order valence-corrected chi connectivity index (χ3v) is 4.80. The Hall–Kier alpha value is -2.89. The number of carbonyl (C=O) groups is 3. The summed E-state index contributed by atoms with van der Waals surface area (Å²) < 4.78 is 5.22. The van der Waals surface area contributed by atoms with Crippen LogP contribution < -0.4 is 4.90 Å². The molecule has 0 aliphatic carbocycles. The molecule has 1 aliphatic heterocycles. The molecule has 1 unspecified atom stereocenters. The standard InChI is InChI=1S/C20H22N2O4/c1-11-9-15-7-5-6-8-16(15)22(11)17(24)10-26-20(25)19-12(2)18(14(4)23)13(3)21-19/h5-8,11,21H,9-10H2,1-4H3. The number of nitrogens with one attached hydrogen (secondary N) is 1. The normalized spacial score (nSPS) is 15.7. The van der Waals surface area contributed by atoms with Gasteiger partial charge >= 0.3 is 5.97 Å². The Labute approximate surface area is 152 Å². The zero-order chi connectivity index (χ0) is 19.0. The van der Waals surface area contributed by atoms with Gasteiger partial charge in [-0.2, -0.15) is 0 Å². The zero-order valence-corrected chi connectivity index (χ0v) is 15.4. The van der Waals surface area contributed by atoms with Crippen molar-refractivity contribution in [2.75, 3.05) is 11.5 Å². The summed E-state index contributed by atoms with van der Waals surface area (Å²) in [5.41, 5.74) is 3.86. The molecule has 2 heterocycles. The number of esters is 1. The summed E-state index contributed by atoms with van der Waals surface area (Å²) in [6, 6.07) is 7.76. The molecule has 0 saturated carbocycles. The van der Waals surface area contributed by atoms with Crippen molar-refractivity contribution >= 4 is 23.3 Å². The summed E-state index contributed by atoms with van der Waals surface area (Å²) in [5, 5.41) is 0. The SMILES string of the molecule is CC(=O)c1c(C)[nH]c(C(=O)OCC(=O)N2c3ccccc3CC2C)c1C. The maximum atomic E-state index is 12.6. The smallest absolute Gasteiger partial charge is 0.355 e. The number of carbonyl (C=O) groups excluding carboxylic acids is 3. The van der Waals surface area contributed by atoms with Crippen molar-refractivity contribution in [2.45, 2.75) is 40.2 Å². The number of amides is 1. The van der Waals surface area contributed by atoms with Crippen LogP contribution in [0.3, 0.4) is 0 Å². The van der Waals surface area contributed by atoms with Gasteiger partial charge < -0.3 is 14.6 Å². The van der Waals surface area contributed by atoms with Crippen LogP contribution in [0.25, 0.3) is 0 Å². The molecule has 1 aliphatic rings. The lowest BCUT2D eigenvalue weighted by Gasteiger charge is -2.22. The van der Waals surface area contributed by atoms with E-state index in [0.717, 1.165) is 17.7 Å². The van der Waals surface area contributed by atoms with Crippen molar-refractivity contribution < 1.29 is 19.1 Å². The lowest BCUT2D eigenvalue weighted by molar-refractivity contribution is -0.122. The molecule has 0 fully saturated rings. The summed E-state index contributed by atoms with van der Waals surface area (Å²) >= 11 is 0. The Kier molecular flexibility index (Phi) is 4.68. The third kappa shape index (κ3) is 3.03. The number of hydrogen-bond acceptors (Lipinski definition) is 4. The Balaban J connectivity index is 1.72. The van der Waals surface area contributed by atoms with Crippen molar-refractivity contribution in [3.8, 4) is 0 Å². The molecular weight excluding hydrogens is 332 g/mol. The van der Waals surface area contributed by atoms with Gasteiger partial charge in [-0.1, -0.05) is 18.2 Å². The van der Waals surface area contributed by atoms with Gasteiger partial charge in [-0.25, -0.2) is 4.79 Å². The molecule has 1 aromatic carbocycles. The second-order valence-corrected chi connectivity index (χ2v) is 6.70. The maximum Gasteiger partial charge on any atom is 0.355 e. The van der Waals surface area contributed by atoms with Gasteiger partial charge in [0.25, 0.3) is 5.91 Å². The monoisotopic (exact) mass is 354 g/mol. The van der Waals surface area contributed by atoms with Crippen LogP contribution in [0.1, 0.15) is 51.5 Å². The molecule has 26 heavy (non-hydrogen) atoms. The molecule has 0 radical (unpaired) electrons. The minimum absolute atomic E-state index is 0.0254. The lowest BCUT2D eigenvalue weighted by atomic mass is 10.1. The Morgan fingerprint density at radius 2 is 1.92 bits per heavy atom. The molecule has 1 aromatic heterocycles. The van der Waals surface area contributed by atoms with Gasteiger partial charge in [-0.3, -0.25) is 9.59 Å². The Bertz CT molecular complexity index is 897. The number of anilines is 1. The summed E-state index contributed by atoms with van der Waals surface area (Å²) in [4.78, 5) is 41.2. The molecule has 2 aromatic rings. The quantitative estimate of drug-likeness (QED) is 0.676. The van der Waals surface area contributed by atoms with E-state index in [1.165, 1.54) is 6.92 Å². The van der Waals surface area contributed by atoms with E-state index in [9.17, 15) is 14.4 Å². The summed E-state index contributed by atoms with van der Waals surface area (Å²) in [6.07, 6.45) is 0.784. The van der Waals surface area contributed by atoms with Crippen molar-refractivity contribution in [1.82, 2.24) is 4.98 Å². The topological polar surface area (TPSA) is 79.5 Å². The Morgan fingerprint density at radius 3 is 2.58 bits per heavy atom. The number of Topliss-reactive ketones (excluding diaryl/α,β-unsaturated/α-hetero) is 1. The van der Waals surface area contributed by atoms with E-state index in [2.05, 4.69) is 4.98 Å². The van der Waals surface area contributed by atoms with E-state index in [1.54, 1.807) is 18.7 Å². The molecule has 1 N–H and O–H groups in total. The minimum Gasteiger partial charge on any atom is -0.451 e. The fourth-order valence-corrected chi connectivity index (χ4v) is 3.70. The molecule has 136 valence electrons. The molecule has 1 amide bonds. The summed E-state index contributed by atoms with van der Waals surface area (Å²) in [6.45, 7) is 6.50. The van der Waals surface area contributed by atoms with Gasteiger partial charge in [0.05, 0.1) is 0 Å². The third-order valence-electron chi connectivity index (χ3n) is 4.80. The van der Waals surface area contributed by atoms with E-state index < -0.39 is 5.97 Å². The fraction of sp³-hybridized carbons (Fsp3) is 0.350. The lowest BCUT2D eigenvalue weighted by Crippen LogP contribution is -2.38. The van der Waals surface area contributed by atoms with Gasteiger partial charge in [0.15, 0.2) is 12.4 Å². The predicted molar refractivity (Wildman–Crippen MR) is 97.6 cm³/mol. The van der Waals surface area contributed by atoms with Crippen molar-refractivity contribution in [1.29, 1.82) is 0 Å². The molecule has 0 spiro atoms. The number of benzene rings is 1. The maximum absolute atomic E-state index is 12.6. The number of fused-ring (bicyclic) bond motifs is 1. The average molecular weight is 354 g/mol. The molecule has 6 nitrogen and oxygen atoms in total. The number of para-hydroxylation sites is 1. The fourth-order valence-electron chi connectivity index (χ4n) is 3.70. The predicted octanol–water partition coefficient (Wildman–Crippen LogP) is 2.97. The average Bonchev–Trinajstić information content (AvgIpc) is 3.07. The molecule has 0 saturated heterocycles. The second-order valence-electron chi connectivity index (χ2n) is 6.70. The van der Waals surface area contributed by atoms with Crippen LogP contribution in [0.15, 0.2) is 24.3 Å². The van der Waals surface area contributed by atoms with Crippen LogP contribution in [-0.2, 0) is 16.0 Å². The highest BCUT2D eigenvalue weighted by Gasteiger charge is 2.31. The first-order chi connectivity index (χ1) is 12.3. The van der Waals surface area contributed by atoms with Crippen LogP contribution in [0, 0.1) is 13.8 Å².